The molecule has 3 aromatic rings. The standard InChI is InChI=1S/C26H32N4O2/c1-18(32-21-9-5-4-6-10-21)26(31)28-20-15-13-19(14-16-20)27-25-17-24(30(2)3)22-11-7-8-12-23(22)29-25/h4-12,17-20H,13-16H2,1-3H3,(H,27,29)(H,28,31). The number of pyridine rings is 1. The van der Waals surface area contributed by atoms with Crippen LogP contribution in [0.2, 0.25) is 0 Å². The molecule has 4 rings (SSSR count). The Morgan fingerprint density at radius 3 is 2.38 bits per heavy atom. The zero-order valence-electron chi connectivity index (χ0n) is 19.0. The van der Waals surface area contributed by atoms with E-state index in [0.717, 1.165) is 48.1 Å². The smallest absolute Gasteiger partial charge is 0.260 e. The van der Waals surface area contributed by atoms with Gasteiger partial charge in [0.25, 0.3) is 5.91 Å². The van der Waals surface area contributed by atoms with Gasteiger partial charge in [0.05, 0.1) is 5.52 Å². The van der Waals surface area contributed by atoms with Crippen LogP contribution in [0.3, 0.4) is 0 Å². The van der Waals surface area contributed by atoms with E-state index in [1.165, 1.54) is 0 Å². The minimum atomic E-state index is -0.514. The fraction of sp³-hybridized carbons (Fsp3) is 0.385. The van der Waals surface area contributed by atoms with E-state index in [1.54, 1.807) is 6.92 Å². The molecule has 1 heterocycles. The number of rotatable bonds is 7. The first kappa shape index (κ1) is 21.9. The summed E-state index contributed by atoms with van der Waals surface area (Å²) in [6, 6.07) is 20.4. The van der Waals surface area contributed by atoms with Crippen molar-refractivity contribution in [2.24, 2.45) is 0 Å². The lowest BCUT2D eigenvalue weighted by atomic mass is 9.91. The highest BCUT2D eigenvalue weighted by Crippen LogP contribution is 2.29. The van der Waals surface area contributed by atoms with E-state index in [-0.39, 0.29) is 11.9 Å². The highest BCUT2D eigenvalue weighted by molar-refractivity contribution is 5.93. The molecule has 0 aliphatic heterocycles. The molecule has 6 heteroatoms. The summed E-state index contributed by atoms with van der Waals surface area (Å²) < 4.78 is 5.75. The van der Waals surface area contributed by atoms with E-state index >= 15 is 0 Å². The van der Waals surface area contributed by atoms with Crippen LogP contribution in [0.1, 0.15) is 32.6 Å². The number of anilines is 2. The zero-order valence-corrected chi connectivity index (χ0v) is 19.0. The van der Waals surface area contributed by atoms with E-state index in [1.807, 2.05) is 42.5 Å². The van der Waals surface area contributed by atoms with Crippen molar-refractivity contribution >= 4 is 28.3 Å². The van der Waals surface area contributed by atoms with Gasteiger partial charge < -0.3 is 20.3 Å². The lowest BCUT2D eigenvalue weighted by molar-refractivity contribution is -0.128. The van der Waals surface area contributed by atoms with Crippen LogP contribution >= 0.6 is 0 Å². The third-order valence-electron chi connectivity index (χ3n) is 6.03. The Morgan fingerprint density at radius 1 is 1.00 bits per heavy atom. The molecule has 1 amide bonds. The Labute approximate surface area is 190 Å². The van der Waals surface area contributed by atoms with Gasteiger partial charge in [0.15, 0.2) is 6.10 Å². The number of amides is 1. The molecule has 2 aromatic carbocycles. The molecule has 0 radical (unpaired) electrons. The van der Waals surface area contributed by atoms with E-state index in [2.05, 4.69) is 47.8 Å². The Balaban J connectivity index is 1.31. The number of ether oxygens (including phenoxy) is 1. The predicted octanol–water partition coefficient (Wildman–Crippen LogP) is 4.61. The van der Waals surface area contributed by atoms with Gasteiger partial charge in [0.2, 0.25) is 0 Å². The monoisotopic (exact) mass is 432 g/mol. The number of hydrogen-bond donors (Lipinski definition) is 2. The average molecular weight is 433 g/mol. The molecule has 0 bridgehead atoms. The predicted molar refractivity (Wildman–Crippen MR) is 130 cm³/mol. The molecular weight excluding hydrogens is 400 g/mol. The quantitative estimate of drug-likeness (QED) is 0.571. The first-order valence-corrected chi connectivity index (χ1v) is 11.4. The van der Waals surface area contributed by atoms with Gasteiger partial charge in [-0.2, -0.15) is 0 Å². The van der Waals surface area contributed by atoms with Gasteiger partial charge in [-0.1, -0.05) is 36.4 Å². The van der Waals surface area contributed by atoms with Crippen LogP contribution in [0.4, 0.5) is 11.5 Å². The summed E-state index contributed by atoms with van der Waals surface area (Å²) in [5.74, 6) is 1.56. The Hall–Kier alpha value is -3.28. The molecule has 1 atom stereocenters. The van der Waals surface area contributed by atoms with E-state index in [0.29, 0.717) is 11.8 Å². The van der Waals surface area contributed by atoms with Crippen molar-refractivity contribution in [1.29, 1.82) is 0 Å². The minimum absolute atomic E-state index is 0.0583. The molecule has 1 saturated carbocycles. The number of carbonyl (C=O) groups excluding carboxylic acids is 1. The molecule has 1 aliphatic carbocycles. The molecule has 1 aliphatic rings. The lowest BCUT2D eigenvalue weighted by Crippen LogP contribution is -2.45. The van der Waals surface area contributed by atoms with Crippen LogP contribution in [0, 0.1) is 0 Å². The van der Waals surface area contributed by atoms with Gasteiger partial charge in [-0.3, -0.25) is 4.79 Å². The summed E-state index contributed by atoms with van der Waals surface area (Å²) in [7, 11) is 4.11. The van der Waals surface area contributed by atoms with Gasteiger partial charge in [-0.15, -0.1) is 0 Å². The van der Waals surface area contributed by atoms with Gasteiger partial charge >= 0.3 is 0 Å². The van der Waals surface area contributed by atoms with Crippen molar-refractivity contribution in [3.8, 4) is 5.75 Å². The Kier molecular flexibility index (Phi) is 6.78. The second-order valence-electron chi connectivity index (χ2n) is 8.71. The van der Waals surface area contributed by atoms with E-state index in [9.17, 15) is 4.79 Å². The molecule has 0 spiro atoms. The fourth-order valence-corrected chi connectivity index (χ4v) is 4.27. The van der Waals surface area contributed by atoms with Gasteiger partial charge in [-0.05, 0) is 50.8 Å². The van der Waals surface area contributed by atoms with Crippen molar-refractivity contribution in [3.05, 3.63) is 60.7 Å². The number of hydrogen-bond acceptors (Lipinski definition) is 5. The number of fused-ring (bicyclic) bond motifs is 1. The molecule has 1 fully saturated rings. The lowest BCUT2D eigenvalue weighted by Gasteiger charge is -2.31. The van der Waals surface area contributed by atoms with Crippen molar-refractivity contribution in [2.75, 3.05) is 24.3 Å². The van der Waals surface area contributed by atoms with Crippen molar-refractivity contribution in [3.63, 3.8) is 0 Å². The number of nitrogens with one attached hydrogen (secondary N) is 2. The summed E-state index contributed by atoms with van der Waals surface area (Å²) >= 11 is 0. The second kappa shape index (κ2) is 9.90. The molecule has 168 valence electrons. The number of aromatic nitrogens is 1. The topological polar surface area (TPSA) is 66.5 Å². The van der Waals surface area contributed by atoms with Gasteiger partial charge in [0, 0.05) is 43.3 Å². The maximum absolute atomic E-state index is 12.5. The van der Waals surface area contributed by atoms with Crippen molar-refractivity contribution < 1.29 is 9.53 Å². The largest absolute Gasteiger partial charge is 0.481 e. The van der Waals surface area contributed by atoms with Crippen LogP contribution in [0.5, 0.6) is 5.75 Å². The second-order valence-corrected chi connectivity index (χ2v) is 8.71. The molecular formula is C26H32N4O2. The normalized spacial score (nSPS) is 19.2. The molecule has 0 saturated heterocycles. The first-order chi connectivity index (χ1) is 15.5. The highest BCUT2D eigenvalue weighted by atomic mass is 16.5. The maximum atomic E-state index is 12.5. The highest BCUT2D eigenvalue weighted by Gasteiger charge is 2.25. The summed E-state index contributed by atoms with van der Waals surface area (Å²) in [6.45, 7) is 1.79. The third kappa shape index (κ3) is 5.31. The third-order valence-corrected chi connectivity index (χ3v) is 6.03. The van der Waals surface area contributed by atoms with Crippen LogP contribution in [-0.2, 0) is 4.79 Å². The summed E-state index contributed by atoms with van der Waals surface area (Å²) in [4.78, 5) is 19.5. The van der Waals surface area contributed by atoms with Crippen LogP contribution < -0.4 is 20.3 Å². The molecule has 1 aromatic heterocycles. The molecule has 1 unspecified atom stereocenters. The number of nitrogens with zero attached hydrogens (tertiary/aromatic N) is 2. The summed E-state index contributed by atoms with van der Waals surface area (Å²) in [5.41, 5.74) is 2.15. The molecule has 6 nitrogen and oxygen atoms in total. The zero-order chi connectivity index (χ0) is 22.5. The molecule has 32 heavy (non-hydrogen) atoms. The van der Waals surface area contributed by atoms with Crippen LogP contribution in [-0.4, -0.2) is 43.2 Å². The van der Waals surface area contributed by atoms with E-state index in [4.69, 9.17) is 9.72 Å². The first-order valence-electron chi connectivity index (χ1n) is 11.4. The average Bonchev–Trinajstić information content (AvgIpc) is 2.80. The Morgan fingerprint density at radius 2 is 1.66 bits per heavy atom. The number of benzene rings is 2. The van der Waals surface area contributed by atoms with Crippen molar-refractivity contribution in [2.45, 2.75) is 50.8 Å². The Bertz CT molecular complexity index is 1050. The summed E-state index contributed by atoms with van der Waals surface area (Å²) in [5, 5.41) is 7.93. The van der Waals surface area contributed by atoms with Gasteiger partial charge in [0.1, 0.15) is 11.6 Å². The maximum Gasteiger partial charge on any atom is 0.260 e. The number of para-hydroxylation sites is 2. The minimum Gasteiger partial charge on any atom is -0.481 e. The fourth-order valence-electron chi connectivity index (χ4n) is 4.27. The van der Waals surface area contributed by atoms with Gasteiger partial charge in [-0.25, -0.2) is 4.98 Å². The van der Waals surface area contributed by atoms with Crippen molar-refractivity contribution in [1.82, 2.24) is 10.3 Å². The SMILES string of the molecule is CC(Oc1ccccc1)C(=O)NC1CCC(Nc2cc(N(C)C)c3ccccc3n2)CC1. The van der Waals surface area contributed by atoms with Crippen LogP contribution in [0.25, 0.3) is 10.9 Å². The summed E-state index contributed by atoms with van der Waals surface area (Å²) in [6.07, 6.45) is 3.35. The van der Waals surface area contributed by atoms with Crippen LogP contribution in [0.15, 0.2) is 60.7 Å². The number of carbonyl (C=O) groups is 1. The van der Waals surface area contributed by atoms with E-state index < -0.39 is 6.10 Å². The molecule has 2 N–H and O–H groups in total.